The maximum Gasteiger partial charge on any atom is 0.187 e. The molecule has 3 aliphatic rings. The van der Waals surface area contributed by atoms with E-state index < -0.39 is 112 Å². The highest BCUT2D eigenvalue weighted by molar-refractivity contribution is 4.97. The second kappa shape index (κ2) is 12.5. The lowest BCUT2D eigenvalue weighted by Crippen LogP contribution is -2.66. The molecular formula is C21H38O15. The van der Waals surface area contributed by atoms with Crippen LogP contribution in [0, 0.1) is 5.92 Å². The molecule has 3 aliphatic heterocycles. The van der Waals surface area contributed by atoms with E-state index in [0.717, 1.165) is 0 Å². The van der Waals surface area contributed by atoms with Crippen molar-refractivity contribution in [1.82, 2.24) is 0 Å². The van der Waals surface area contributed by atoms with Gasteiger partial charge in [0.05, 0.1) is 25.9 Å². The second-order valence-corrected chi connectivity index (χ2v) is 9.65. The molecule has 0 aromatic heterocycles. The predicted molar refractivity (Wildman–Crippen MR) is 114 cm³/mol. The minimum Gasteiger partial charge on any atom is -0.394 e. The molecule has 15 nitrogen and oxygen atoms in total. The molecule has 36 heavy (non-hydrogen) atoms. The molecule has 3 saturated heterocycles. The smallest absolute Gasteiger partial charge is 0.187 e. The Kier molecular flexibility index (Phi) is 10.4. The SMILES string of the molecule is CC(C)[C@@H]1OC(CO)[C@@H](O[C@@H]2OC(CO)[C@H](O[C@H]3OC(CO)[C@H](O)[C@H](O)C3O)[C@H](O)C2O)[C@H](O)C1O. The lowest BCUT2D eigenvalue weighted by Gasteiger charge is -2.48. The van der Waals surface area contributed by atoms with Crippen molar-refractivity contribution in [3.8, 4) is 0 Å². The summed E-state index contributed by atoms with van der Waals surface area (Å²) in [6.07, 6.45) is -22.7. The molecule has 0 amide bonds. The van der Waals surface area contributed by atoms with Crippen molar-refractivity contribution in [1.29, 1.82) is 0 Å². The van der Waals surface area contributed by atoms with Crippen LogP contribution >= 0.6 is 0 Å². The fraction of sp³-hybridized carbons (Fsp3) is 1.00. The Hall–Kier alpha value is -0.600. The van der Waals surface area contributed by atoms with Crippen LogP contribution in [0.4, 0.5) is 0 Å². The molecule has 15 heteroatoms. The van der Waals surface area contributed by atoms with Crippen LogP contribution in [0.25, 0.3) is 0 Å². The van der Waals surface area contributed by atoms with E-state index in [1.165, 1.54) is 0 Å². The average Bonchev–Trinajstić information content (AvgIpc) is 2.86. The van der Waals surface area contributed by atoms with Gasteiger partial charge >= 0.3 is 0 Å². The first-order valence-corrected chi connectivity index (χ1v) is 11.8. The maximum absolute atomic E-state index is 10.7. The summed E-state index contributed by atoms with van der Waals surface area (Å²) in [6.45, 7) is 1.40. The van der Waals surface area contributed by atoms with Gasteiger partial charge in [0.25, 0.3) is 0 Å². The third kappa shape index (κ3) is 5.85. The second-order valence-electron chi connectivity index (χ2n) is 9.65. The predicted octanol–water partition coefficient (Wildman–Crippen LogP) is -5.87. The van der Waals surface area contributed by atoms with Crippen molar-refractivity contribution in [2.75, 3.05) is 19.8 Å². The van der Waals surface area contributed by atoms with Gasteiger partial charge in [0.1, 0.15) is 73.2 Å². The highest BCUT2D eigenvalue weighted by Crippen LogP contribution is 2.33. The Morgan fingerprint density at radius 1 is 0.528 bits per heavy atom. The number of hydrogen-bond acceptors (Lipinski definition) is 15. The number of hydrogen-bond donors (Lipinski definition) is 10. The van der Waals surface area contributed by atoms with Crippen LogP contribution in [-0.2, 0) is 23.7 Å². The van der Waals surface area contributed by atoms with Crippen LogP contribution in [-0.4, -0.2) is 163 Å². The van der Waals surface area contributed by atoms with Crippen molar-refractivity contribution < 1.29 is 74.7 Å². The zero-order chi connectivity index (χ0) is 26.9. The summed E-state index contributed by atoms with van der Waals surface area (Å²) in [5.74, 6) is -0.206. The summed E-state index contributed by atoms with van der Waals surface area (Å²) < 4.78 is 27.5. The van der Waals surface area contributed by atoms with Gasteiger partial charge in [-0.1, -0.05) is 13.8 Å². The minimum atomic E-state index is -1.85. The van der Waals surface area contributed by atoms with E-state index in [4.69, 9.17) is 23.7 Å². The summed E-state index contributed by atoms with van der Waals surface area (Å²) in [6, 6.07) is 0. The van der Waals surface area contributed by atoms with Gasteiger partial charge in [-0.15, -0.1) is 0 Å². The van der Waals surface area contributed by atoms with E-state index in [-0.39, 0.29) is 5.92 Å². The van der Waals surface area contributed by atoms with Crippen molar-refractivity contribution in [2.24, 2.45) is 5.92 Å². The van der Waals surface area contributed by atoms with E-state index in [1.54, 1.807) is 13.8 Å². The van der Waals surface area contributed by atoms with Gasteiger partial charge in [0.2, 0.25) is 0 Å². The molecule has 3 fully saturated rings. The third-order valence-corrected chi connectivity index (χ3v) is 6.81. The number of aliphatic hydroxyl groups is 10. The van der Waals surface area contributed by atoms with E-state index in [1.807, 2.05) is 0 Å². The summed E-state index contributed by atoms with van der Waals surface area (Å²) in [4.78, 5) is 0. The first kappa shape index (κ1) is 29.9. The summed E-state index contributed by atoms with van der Waals surface area (Å²) in [5.41, 5.74) is 0. The molecule has 0 bridgehead atoms. The van der Waals surface area contributed by atoms with Crippen LogP contribution < -0.4 is 0 Å². The van der Waals surface area contributed by atoms with Crippen LogP contribution in [0.5, 0.6) is 0 Å². The van der Waals surface area contributed by atoms with Crippen molar-refractivity contribution in [3.63, 3.8) is 0 Å². The van der Waals surface area contributed by atoms with Crippen molar-refractivity contribution in [3.05, 3.63) is 0 Å². The highest BCUT2D eigenvalue weighted by atomic mass is 16.7. The Morgan fingerprint density at radius 3 is 1.42 bits per heavy atom. The van der Waals surface area contributed by atoms with Gasteiger partial charge in [0.15, 0.2) is 12.6 Å². The first-order valence-electron chi connectivity index (χ1n) is 11.8. The fourth-order valence-electron chi connectivity index (χ4n) is 4.66. The van der Waals surface area contributed by atoms with Gasteiger partial charge in [0, 0.05) is 0 Å². The van der Waals surface area contributed by atoms with E-state index in [0.29, 0.717) is 0 Å². The molecule has 0 aliphatic carbocycles. The number of aliphatic hydroxyl groups excluding tert-OH is 10. The van der Waals surface area contributed by atoms with Crippen LogP contribution in [0.3, 0.4) is 0 Å². The van der Waals surface area contributed by atoms with Gasteiger partial charge in [-0.3, -0.25) is 0 Å². The number of rotatable bonds is 8. The first-order chi connectivity index (χ1) is 17.0. The molecule has 212 valence electrons. The lowest BCUT2D eigenvalue weighted by molar-refractivity contribution is -0.373. The summed E-state index contributed by atoms with van der Waals surface area (Å²) in [7, 11) is 0. The minimum absolute atomic E-state index is 0.206. The molecule has 3 rings (SSSR count). The van der Waals surface area contributed by atoms with Gasteiger partial charge < -0.3 is 74.7 Å². The topological polar surface area (TPSA) is 248 Å². The molecule has 15 atom stereocenters. The Morgan fingerprint density at radius 2 is 0.944 bits per heavy atom. The Bertz CT molecular complexity index is 678. The standard InChI is InChI=1S/C21H38O15/c1-6(2)17-12(27)13(28)18(8(4-23)32-17)35-21-16(31)14(29)19(9(5-24)34-21)36-20-15(30)11(26)10(25)7(3-22)33-20/h6-31H,3-5H2,1-2H3/t7?,8?,9?,10-,11-,12?,13+,14+,15?,16?,17-,18+,19-,20+,21-/m0/s1. The summed E-state index contributed by atoms with van der Waals surface area (Å²) >= 11 is 0. The van der Waals surface area contributed by atoms with E-state index in [9.17, 15) is 51.1 Å². The zero-order valence-electron chi connectivity index (χ0n) is 19.9. The largest absolute Gasteiger partial charge is 0.394 e. The molecule has 3 heterocycles. The lowest BCUT2D eigenvalue weighted by atomic mass is 9.89. The molecule has 10 N–H and O–H groups in total. The molecule has 0 spiro atoms. The molecule has 0 aromatic carbocycles. The van der Waals surface area contributed by atoms with Gasteiger partial charge in [-0.05, 0) is 5.92 Å². The molecular weight excluding hydrogens is 492 g/mol. The Balaban J connectivity index is 1.72. The zero-order valence-corrected chi connectivity index (χ0v) is 19.9. The van der Waals surface area contributed by atoms with E-state index >= 15 is 0 Å². The van der Waals surface area contributed by atoms with E-state index in [2.05, 4.69) is 0 Å². The van der Waals surface area contributed by atoms with Crippen LogP contribution in [0.2, 0.25) is 0 Å². The van der Waals surface area contributed by atoms with Crippen LogP contribution in [0.1, 0.15) is 13.8 Å². The molecule has 0 saturated carbocycles. The van der Waals surface area contributed by atoms with Crippen LogP contribution in [0.15, 0.2) is 0 Å². The average molecular weight is 531 g/mol. The monoisotopic (exact) mass is 530 g/mol. The molecule has 0 radical (unpaired) electrons. The number of ether oxygens (including phenoxy) is 5. The highest BCUT2D eigenvalue weighted by Gasteiger charge is 2.53. The Labute approximate surface area is 207 Å². The quantitative estimate of drug-likeness (QED) is 0.140. The van der Waals surface area contributed by atoms with Gasteiger partial charge in [-0.2, -0.15) is 0 Å². The maximum atomic E-state index is 10.7. The molecule has 0 aromatic rings. The fourth-order valence-corrected chi connectivity index (χ4v) is 4.66. The normalized spacial score (nSPS) is 50.4. The molecule has 6 unspecified atom stereocenters. The summed E-state index contributed by atoms with van der Waals surface area (Å²) in [5, 5.41) is 101. The third-order valence-electron chi connectivity index (χ3n) is 6.81. The van der Waals surface area contributed by atoms with Crippen molar-refractivity contribution >= 4 is 0 Å². The van der Waals surface area contributed by atoms with Gasteiger partial charge in [-0.25, -0.2) is 0 Å². The van der Waals surface area contributed by atoms with Crippen molar-refractivity contribution in [2.45, 2.75) is 106 Å².